The maximum atomic E-state index is 15.1. The standard InChI is InChI=1S/C26H18BrCl2F10NO2/c1-40(11-24(31,32)33)22(42)23(4-5-23)10-20(41)14-3-2-12(6-16(14)26(37,38)39)19(30)9-15(25(34,35)36)13-7-17(28)21(27)18(29)8-13/h2-3,6-9,15H,4-5,10-11H2,1H3/b19-9-. The van der Waals surface area contributed by atoms with Gasteiger partial charge in [-0.1, -0.05) is 35.3 Å². The average Bonchev–Trinajstić information content (AvgIpc) is 3.62. The summed E-state index contributed by atoms with van der Waals surface area (Å²) in [5, 5.41) is -0.474. The van der Waals surface area contributed by atoms with Crippen LogP contribution in [0.5, 0.6) is 0 Å². The molecule has 3 rings (SSSR count). The summed E-state index contributed by atoms with van der Waals surface area (Å²) in [5.41, 5.74) is -5.89. The molecule has 2 aromatic rings. The molecule has 42 heavy (non-hydrogen) atoms. The molecule has 2 aromatic carbocycles. The van der Waals surface area contributed by atoms with Gasteiger partial charge >= 0.3 is 18.5 Å². The number of alkyl halides is 9. The number of carbonyl (C=O) groups is 2. The first-order valence-corrected chi connectivity index (χ1v) is 13.3. The van der Waals surface area contributed by atoms with E-state index < -0.39 is 82.6 Å². The number of carbonyl (C=O) groups excluding carboxylic acids is 2. The topological polar surface area (TPSA) is 37.4 Å². The summed E-state index contributed by atoms with van der Waals surface area (Å²) >= 11 is 14.7. The van der Waals surface area contributed by atoms with Crippen LogP contribution in [0.2, 0.25) is 10.0 Å². The summed E-state index contributed by atoms with van der Waals surface area (Å²) in [6.07, 6.45) is -16.1. The van der Waals surface area contributed by atoms with Crippen molar-refractivity contribution >= 4 is 56.6 Å². The highest BCUT2D eigenvalue weighted by Crippen LogP contribution is 2.51. The molecule has 1 fully saturated rings. The van der Waals surface area contributed by atoms with Gasteiger partial charge in [0.15, 0.2) is 5.78 Å². The van der Waals surface area contributed by atoms with E-state index in [4.69, 9.17) is 23.2 Å². The summed E-state index contributed by atoms with van der Waals surface area (Å²) in [5.74, 6) is -6.71. The number of Topliss-reactive ketones (excluding diaryl/α,β-unsaturated/α-hetero) is 1. The summed E-state index contributed by atoms with van der Waals surface area (Å²) in [6, 6.07) is 3.04. The van der Waals surface area contributed by atoms with Crippen molar-refractivity contribution in [2.24, 2.45) is 5.41 Å². The quantitative estimate of drug-likeness (QED) is 0.155. The van der Waals surface area contributed by atoms with E-state index in [1.165, 1.54) is 0 Å². The lowest BCUT2D eigenvalue weighted by Gasteiger charge is -2.24. The van der Waals surface area contributed by atoms with Gasteiger partial charge in [-0.2, -0.15) is 39.5 Å². The van der Waals surface area contributed by atoms with E-state index in [-0.39, 0.29) is 39.5 Å². The van der Waals surface area contributed by atoms with Gasteiger partial charge < -0.3 is 4.90 Å². The van der Waals surface area contributed by atoms with Gasteiger partial charge in [0.2, 0.25) is 5.91 Å². The Morgan fingerprint density at radius 1 is 1.00 bits per heavy atom. The normalized spacial score (nSPS) is 16.3. The number of allylic oxidation sites excluding steroid dienone is 1. The van der Waals surface area contributed by atoms with Crippen LogP contribution >= 0.6 is 39.1 Å². The maximum absolute atomic E-state index is 15.1. The van der Waals surface area contributed by atoms with Crippen LogP contribution in [0.25, 0.3) is 5.83 Å². The molecule has 16 heteroatoms. The van der Waals surface area contributed by atoms with Crippen LogP contribution in [-0.4, -0.2) is 42.5 Å². The highest BCUT2D eigenvalue weighted by atomic mass is 79.9. The molecule has 1 aliphatic carbocycles. The molecule has 0 saturated heterocycles. The predicted molar refractivity (Wildman–Crippen MR) is 138 cm³/mol. The monoisotopic (exact) mass is 715 g/mol. The molecule has 1 aliphatic rings. The summed E-state index contributed by atoms with van der Waals surface area (Å²) in [4.78, 5) is 25.7. The Morgan fingerprint density at radius 3 is 2.00 bits per heavy atom. The highest BCUT2D eigenvalue weighted by molar-refractivity contribution is 9.10. The SMILES string of the molecule is CN(CC(F)(F)F)C(=O)C1(CC(=O)c2ccc(/C(F)=C/C(c3cc(Cl)c(Br)c(Cl)c3)C(F)(F)F)cc2C(F)(F)F)CC1. The van der Waals surface area contributed by atoms with E-state index >= 15 is 4.39 Å². The lowest BCUT2D eigenvalue weighted by molar-refractivity contribution is -0.161. The number of amides is 1. The molecule has 0 radical (unpaired) electrons. The van der Waals surface area contributed by atoms with Crippen molar-refractivity contribution in [1.29, 1.82) is 0 Å². The number of benzene rings is 2. The van der Waals surface area contributed by atoms with Gasteiger partial charge in [-0.05, 0) is 58.6 Å². The molecule has 1 amide bonds. The van der Waals surface area contributed by atoms with Crippen molar-refractivity contribution in [1.82, 2.24) is 4.90 Å². The molecule has 1 saturated carbocycles. The van der Waals surface area contributed by atoms with Gasteiger partial charge in [0.25, 0.3) is 0 Å². The first-order valence-electron chi connectivity index (χ1n) is 11.7. The van der Waals surface area contributed by atoms with Gasteiger partial charge in [0.1, 0.15) is 18.3 Å². The van der Waals surface area contributed by atoms with Crippen molar-refractivity contribution in [3.8, 4) is 0 Å². The zero-order valence-corrected chi connectivity index (χ0v) is 24.1. The van der Waals surface area contributed by atoms with E-state index in [0.717, 1.165) is 19.2 Å². The van der Waals surface area contributed by atoms with Gasteiger partial charge in [0.05, 0.1) is 25.5 Å². The first-order chi connectivity index (χ1) is 19.1. The molecule has 3 nitrogen and oxygen atoms in total. The minimum absolute atomic E-state index is 0.0290. The molecule has 0 aliphatic heterocycles. The third-order valence-electron chi connectivity index (χ3n) is 6.50. The molecular weight excluding hydrogens is 699 g/mol. The van der Waals surface area contributed by atoms with Crippen LogP contribution < -0.4 is 0 Å². The minimum atomic E-state index is -5.29. The molecule has 0 bridgehead atoms. The fourth-order valence-corrected chi connectivity index (χ4v) is 5.05. The van der Waals surface area contributed by atoms with Gasteiger partial charge in [-0.25, -0.2) is 4.39 Å². The molecule has 0 heterocycles. The van der Waals surface area contributed by atoms with Crippen LogP contribution in [0, 0.1) is 5.41 Å². The van der Waals surface area contributed by atoms with Gasteiger partial charge in [0, 0.05) is 24.6 Å². The fourth-order valence-electron chi connectivity index (χ4n) is 4.31. The average molecular weight is 717 g/mol. The van der Waals surface area contributed by atoms with Crippen LogP contribution in [-0.2, 0) is 11.0 Å². The van der Waals surface area contributed by atoms with Crippen molar-refractivity contribution in [2.45, 2.75) is 43.7 Å². The second kappa shape index (κ2) is 12.0. The first kappa shape index (κ1) is 34.2. The molecule has 0 aromatic heterocycles. The number of halogens is 13. The largest absolute Gasteiger partial charge is 0.417 e. The number of nitrogens with zero attached hydrogens (tertiary/aromatic N) is 1. The van der Waals surface area contributed by atoms with E-state index in [9.17, 15) is 49.1 Å². The Morgan fingerprint density at radius 2 is 1.55 bits per heavy atom. The molecule has 230 valence electrons. The summed E-state index contributed by atoms with van der Waals surface area (Å²) in [6.45, 7) is -1.63. The van der Waals surface area contributed by atoms with Crippen LogP contribution in [0.4, 0.5) is 43.9 Å². The lowest BCUT2D eigenvalue weighted by Crippen LogP contribution is -2.41. The zero-order valence-electron chi connectivity index (χ0n) is 21.0. The maximum Gasteiger partial charge on any atom is 0.417 e. The van der Waals surface area contributed by atoms with E-state index in [1.807, 2.05) is 0 Å². The molecule has 0 N–H and O–H groups in total. The van der Waals surface area contributed by atoms with E-state index in [2.05, 4.69) is 15.9 Å². The zero-order chi connectivity index (χ0) is 32.0. The van der Waals surface area contributed by atoms with Crippen molar-refractivity contribution in [3.05, 3.63) is 73.2 Å². The Balaban J connectivity index is 1.97. The molecule has 0 spiro atoms. The Kier molecular flexibility index (Phi) is 9.76. The summed E-state index contributed by atoms with van der Waals surface area (Å²) in [7, 11) is 0.843. The van der Waals surface area contributed by atoms with Crippen molar-refractivity contribution in [2.75, 3.05) is 13.6 Å². The molecular formula is C26H18BrCl2F10NO2. The Hall–Kier alpha value is -2.32. The van der Waals surface area contributed by atoms with E-state index in [1.54, 1.807) is 0 Å². The second-order valence-corrected chi connectivity index (χ2v) is 11.4. The number of hydrogen-bond acceptors (Lipinski definition) is 2. The van der Waals surface area contributed by atoms with Crippen LogP contribution in [0.1, 0.15) is 52.2 Å². The van der Waals surface area contributed by atoms with Crippen LogP contribution in [0.3, 0.4) is 0 Å². The van der Waals surface area contributed by atoms with E-state index in [0.29, 0.717) is 17.0 Å². The third kappa shape index (κ3) is 7.98. The number of rotatable bonds is 8. The Labute approximate surface area is 250 Å². The van der Waals surface area contributed by atoms with Crippen molar-refractivity contribution < 1.29 is 53.5 Å². The summed E-state index contributed by atoms with van der Waals surface area (Å²) < 4.78 is 136. The third-order valence-corrected chi connectivity index (χ3v) is 8.41. The lowest BCUT2D eigenvalue weighted by atomic mass is 9.90. The predicted octanol–water partition coefficient (Wildman–Crippen LogP) is 9.80. The molecule has 1 unspecified atom stereocenters. The van der Waals surface area contributed by atoms with Gasteiger partial charge in [-0.15, -0.1) is 0 Å². The van der Waals surface area contributed by atoms with Crippen molar-refractivity contribution in [3.63, 3.8) is 0 Å². The minimum Gasteiger partial charge on any atom is -0.336 e. The van der Waals surface area contributed by atoms with Gasteiger partial charge in [-0.3, -0.25) is 9.59 Å². The number of ketones is 1. The number of hydrogen-bond donors (Lipinski definition) is 0. The van der Waals surface area contributed by atoms with Crippen LogP contribution in [0.15, 0.2) is 40.9 Å². The highest BCUT2D eigenvalue weighted by Gasteiger charge is 2.54. The smallest absolute Gasteiger partial charge is 0.336 e. The second-order valence-electron chi connectivity index (χ2n) is 9.75. The molecule has 1 atom stereocenters. The fraction of sp³-hybridized carbons (Fsp3) is 0.385. The Bertz CT molecular complexity index is 1390.